The summed E-state index contributed by atoms with van der Waals surface area (Å²) in [6.45, 7) is 1.97. The van der Waals surface area contributed by atoms with E-state index in [2.05, 4.69) is 4.98 Å². The molecule has 0 radical (unpaired) electrons. The molecule has 2 N–H and O–H groups in total. The fraction of sp³-hybridized carbons (Fsp3) is 0.154. The summed E-state index contributed by atoms with van der Waals surface area (Å²) >= 11 is 5.93. The van der Waals surface area contributed by atoms with Crippen molar-refractivity contribution in [2.75, 3.05) is 5.73 Å². The average Bonchev–Trinajstić information content (AvgIpc) is 2.34. The first-order valence-electron chi connectivity index (χ1n) is 5.34. The number of halogens is 2. The number of benzene rings is 1. The van der Waals surface area contributed by atoms with Crippen LogP contribution >= 0.6 is 11.6 Å². The molecule has 2 aromatic rings. The van der Waals surface area contributed by atoms with Gasteiger partial charge in [-0.25, -0.2) is 4.39 Å². The molecule has 5 heteroatoms. The van der Waals surface area contributed by atoms with E-state index in [9.17, 15) is 4.39 Å². The van der Waals surface area contributed by atoms with Gasteiger partial charge in [-0.15, -0.1) is 0 Å². The number of aromatic nitrogens is 1. The van der Waals surface area contributed by atoms with Crippen molar-refractivity contribution in [2.45, 2.75) is 13.5 Å². The van der Waals surface area contributed by atoms with Gasteiger partial charge in [0.2, 0.25) is 0 Å². The maximum Gasteiger partial charge on any atom is 0.167 e. The third-order valence-corrected chi connectivity index (χ3v) is 2.90. The van der Waals surface area contributed by atoms with Crippen LogP contribution in [0.15, 0.2) is 30.6 Å². The van der Waals surface area contributed by atoms with Crippen LogP contribution in [-0.4, -0.2) is 4.98 Å². The molecular formula is C13H12ClFN2O. The van der Waals surface area contributed by atoms with Crippen molar-refractivity contribution >= 4 is 17.3 Å². The first-order chi connectivity index (χ1) is 8.58. The van der Waals surface area contributed by atoms with Gasteiger partial charge in [0.05, 0.1) is 5.02 Å². The van der Waals surface area contributed by atoms with Gasteiger partial charge in [-0.3, -0.25) is 4.98 Å². The second kappa shape index (κ2) is 5.23. The lowest BCUT2D eigenvalue weighted by atomic mass is 10.2. The average molecular weight is 267 g/mol. The lowest BCUT2D eigenvalue weighted by Crippen LogP contribution is -2.00. The Morgan fingerprint density at radius 1 is 1.44 bits per heavy atom. The minimum Gasteiger partial charge on any atom is -0.486 e. The number of hydrogen-bond donors (Lipinski definition) is 1. The molecule has 0 bridgehead atoms. The Morgan fingerprint density at radius 2 is 2.22 bits per heavy atom. The molecule has 0 saturated carbocycles. The van der Waals surface area contributed by atoms with E-state index in [1.165, 1.54) is 12.3 Å². The van der Waals surface area contributed by atoms with Crippen molar-refractivity contribution in [3.8, 4) is 5.75 Å². The van der Waals surface area contributed by atoms with Gasteiger partial charge in [0.15, 0.2) is 11.6 Å². The highest BCUT2D eigenvalue weighted by atomic mass is 35.5. The van der Waals surface area contributed by atoms with Crippen molar-refractivity contribution in [2.24, 2.45) is 0 Å². The monoisotopic (exact) mass is 266 g/mol. The van der Waals surface area contributed by atoms with E-state index in [1.807, 2.05) is 0 Å². The van der Waals surface area contributed by atoms with Gasteiger partial charge in [-0.2, -0.15) is 0 Å². The van der Waals surface area contributed by atoms with Gasteiger partial charge in [-0.05, 0) is 24.6 Å². The van der Waals surface area contributed by atoms with Gasteiger partial charge < -0.3 is 10.5 Å². The summed E-state index contributed by atoms with van der Waals surface area (Å²) in [5.74, 6) is -0.321. The third-order valence-electron chi connectivity index (χ3n) is 2.56. The second-order valence-corrected chi connectivity index (χ2v) is 4.30. The van der Waals surface area contributed by atoms with Crippen LogP contribution in [0, 0.1) is 12.7 Å². The van der Waals surface area contributed by atoms with E-state index in [4.69, 9.17) is 22.1 Å². The predicted octanol–water partition coefficient (Wildman–Crippen LogP) is 3.34. The van der Waals surface area contributed by atoms with Crippen molar-refractivity contribution < 1.29 is 9.13 Å². The molecule has 3 nitrogen and oxygen atoms in total. The van der Waals surface area contributed by atoms with E-state index in [1.54, 1.807) is 25.3 Å². The van der Waals surface area contributed by atoms with Crippen molar-refractivity contribution in [1.29, 1.82) is 0 Å². The van der Waals surface area contributed by atoms with Crippen LogP contribution in [-0.2, 0) is 6.61 Å². The second-order valence-electron chi connectivity index (χ2n) is 3.89. The lowest BCUT2D eigenvalue weighted by Gasteiger charge is -2.10. The molecule has 1 heterocycles. The number of rotatable bonds is 3. The summed E-state index contributed by atoms with van der Waals surface area (Å²) in [4.78, 5) is 3.87. The molecule has 0 unspecified atom stereocenters. The molecule has 2 rings (SSSR count). The molecule has 0 aliphatic carbocycles. The fourth-order valence-corrected chi connectivity index (χ4v) is 1.63. The van der Waals surface area contributed by atoms with Crippen LogP contribution in [0.1, 0.15) is 11.1 Å². The van der Waals surface area contributed by atoms with Crippen LogP contribution < -0.4 is 10.5 Å². The SMILES string of the molecule is Cc1cc(OCc2ccncc2Cl)c(F)cc1N. The molecule has 0 fully saturated rings. The van der Waals surface area contributed by atoms with Gasteiger partial charge in [0, 0.05) is 29.7 Å². The molecule has 1 aromatic carbocycles. The Morgan fingerprint density at radius 3 is 2.94 bits per heavy atom. The van der Waals surface area contributed by atoms with Crippen LogP contribution in [0.2, 0.25) is 5.02 Å². The summed E-state index contributed by atoms with van der Waals surface area (Å²) < 4.78 is 19.0. The largest absolute Gasteiger partial charge is 0.486 e. The zero-order valence-corrected chi connectivity index (χ0v) is 10.5. The van der Waals surface area contributed by atoms with E-state index >= 15 is 0 Å². The summed E-state index contributed by atoms with van der Waals surface area (Å²) in [6, 6.07) is 4.54. The molecule has 0 amide bonds. The third kappa shape index (κ3) is 2.71. The van der Waals surface area contributed by atoms with Gasteiger partial charge in [-0.1, -0.05) is 11.6 Å². The highest BCUT2D eigenvalue weighted by Gasteiger charge is 2.08. The molecule has 94 valence electrons. The number of nitrogen functional groups attached to an aromatic ring is 1. The molecule has 1 aromatic heterocycles. The number of aryl methyl sites for hydroxylation is 1. The van der Waals surface area contributed by atoms with Gasteiger partial charge >= 0.3 is 0 Å². The molecule has 0 atom stereocenters. The Balaban J connectivity index is 2.16. The summed E-state index contributed by atoms with van der Waals surface area (Å²) in [7, 11) is 0. The molecule has 0 spiro atoms. The zero-order valence-electron chi connectivity index (χ0n) is 9.78. The number of anilines is 1. The van der Waals surface area contributed by atoms with Crippen LogP contribution in [0.5, 0.6) is 5.75 Å². The van der Waals surface area contributed by atoms with E-state index in [0.29, 0.717) is 10.7 Å². The Bertz CT molecular complexity index is 575. The van der Waals surface area contributed by atoms with E-state index in [-0.39, 0.29) is 12.4 Å². The fourth-order valence-electron chi connectivity index (χ4n) is 1.46. The number of ether oxygens (including phenoxy) is 1. The first kappa shape index (κ1) is 12.6. The lowest BCUT2D eigenvalue weighted by molar-refractivity contribution is 0.290. The topological polar surface area (TPSA) is 48.1 Å². The van der Waals surface area contributed by atoms with E-state index < -0.39 is 5.82 Å². The predicted molar refractivity (Wildman–Crippen MR) is 69.1 cm³/mol. The Hall–Kier alpha value is -1.81. The molecular weight excluding hydrogens is 255 g/mol. The minimum absolute atomic E-state index is 0.162. The highest BCUT2D eigenvalue weighted by molar-refractivity contribution is 6.31. The highest BCUT2D eigenvalue weighted by Crippen LogP contribution is 2.25. The Labute approximate surface area is 109 Å². The zero-order chi connectivity index (χ0) is 13.1. The number of nitrogens with two attached hydrogens (primary N) is 1. The maximum atomic E-state index is 13.6. The number of pyridine rings is 1. The summed E-state index contributed by atoms with van der Waals surface area (Å²) in [5.41, 5.74) is 7.52. The van der Waals surface area contributed by atoms with Crippen LogP contribution in [0.4, 0.5) is 10.1 Å². The van der Waals surface area contributed by atoms with Crippen LogP contribution in [0.3, 0.4) is 0 Å². The number of hydrogen-bond acceptors (Lipinski definition) is 3. The Kier molecular flexibility index (Phi) is 3.67. The maximum absolute atomic E-state index is 13.6. The molecule has 18 heavy (non-hydrogen) atoms. The van der Waals surface area contributed by atoms with E-state index in [0.717, 1.165) is 11.1 Å². The van der Waals surface area contributed by atoms with Gasteiger partial charge in [0.25, 0.3) is 0 Å². The van der Waals surface area contributed by atoms with Crippen molar-refractivity contribution in [3.05, 3.63) is 52.6 Å². The molecule has 0 saturated heterocycles. The normalized spacial score (nSPS) is 10.4. The summed E-state index contributed by atoms with van der Waals surface area (Å²) in [6.07, 6.45) is 3.12. The first-order valence-corrected chi connectivity index (χ1v) is 5.72. The smallest absolute Gasteiger partial charge is 0.167 e. The molecule has 0 aliphatic rings. The van der Waals surface area contributed by atoms with Gasteiger partial charge in [0.1, 0.15) is 6.61 Å². The number of nitrogens with zero attached hydrogens (tertiary/aromatic N) is 1. The quantitative estimate of drug-likeness (QED) is 0.867. The summed E-state index contributed by atoms with van der Waals surface area (Å²) in [5, 5.41) is 0.491. The van der Waals surface area contributed by atoms with Crippen molar-refractivity contribution in [3.63, 3.8) is 0 Å². The van der Waals surface area contributed by atoms with Crippen molar-refractivity contribution in [1.82, 2.24) is 4.98 Å². The minimum atomic E-state index is -0.483. The standard InChI is InChI=1S/C13H12ClFN2O/c1-8-4-13(11(15)5-12(8)16)18-7-9-2-3-17-6-10(9)14/h2-6H,7,16H2,1H3. The molecule has 0 aliphatic heterocycles. The van der Waals surface area contributed by atoms with Crippen LogP contribution in [0.25, 0.3) is 0 Å².